The average Bonchev–Trinajstić information content (AvgIpc) is 2.87. The summed E-state index contributed by atoms with van der Waals surface area (Å²) in [6.07, 6.45) is 4.91. The molecular formula is C12H26N2S2. The highest BCUT2D eigenvalue weighted by Gasteiger charge is 2.21. The van der Waals surface area contributed by atoms with Crippen molar-refractivity contribution in [3.63, 3.8) is 0 Å². The van der Waals surface area contributed by atoms with Crippen molar-refractivity contribution < 1.29 is 0 Å². The monoisotopic (exact) mass is 262 g/mol. The van der Waals surface area contributed by atoms with E-state index in [1.807, 2.05) is 0 Å². The third-order valence-corrected chi connectivity index (χ3v) is 4.74. The van der Waals surface area contributed by atoms with Crippen molar-refractivity contribution in [2.45, 2.75) is 62.1 Å². The molecule has 0 unspecified atom stereocenters. The molecule has 4 atom stereocenters. The molecule has 96 valence electrons. The van der Waals surface area contributed by atoms with E-state index in [0.717, 1.165) is 13.1 Å². The second kappa shape index (κ2) is 7.85. The van der Waals surface area contributed by atoms with E-state index in [-0.39, 0.29) is 0 Å². The summed E-state index contributed by atoms with van der Waals surface area (Å²) in [5.41, 5.74) is 0. The van der Waals surface area contributed by atoms with Gasteiger partial charge in [0.05, 0.1) is 0 Å². The van der Waals surface area contributed by atoms with Crippen LogP contribution >= 0.6 is 25.3 Å². The molecule has 0 amide bonds. The summed E-state index contributed by atoms with van der Waals surface area (Å²) in [5.74, 6) is 0. The topological polar surface area (TPSA) is 24.1 Å². The lowest BCUT2D eigenvalue weighted by molar-refractivity contribution is 0.598. The number of hydrogen-bond acceptors (Lipinski definition) is 4. The number of thiol groups is 2. The van der Waals surface area contributed by atoms with Gasteiger partial charge in [-0.3, -0.25) is 0 Å². The van der Waals surface area contributed by atoms with E-state index in [0.29, 0.717) is 22.6 Å². The molecule has 4 heteroatoms. The van der Waals surface area contributed by atoms with Gasteiger partial charge in [0.2, 0.25) is 0 Å². The van der Waals surface area contributed by atoms with Crippen molar-refractivity contribution in [2.24, 2.45) is 0 Å². The minimum atomic E-state index is 0.611. The Morgan fingerprint density at radius 3 is 1.38 bits per heavy atom. The Balaban J connectivity index is 0.000000160. The number of rotatable bonds is 2. The van der Waals surface area contributed by atoms with Gasteiger partial charge in [-0.1, -0.05) is 13.8 Å². The maximum absolute atomic E-state index is 4.40. The summed E-state index contributed by atoms with van der Waals surface area (Å²) >= 11 is 8.81. The molecule has 0 saturated carbocycles. The summed E-state index contributed by atoms with van der Waals surface area (Å²) in [6, 6.07) is 1.36. The van der Waals surface area contributed by atoms with E-state index >= 15 is 0 Å². The van der Waals surface area contributed by atoms with Gasteiger partial charge >= 0.3 is 0 Å². The fraction of sp³-hybridized carbons (Fsp3) is 1.00. The molecule has 2 saturated heterocycles. The average molecular weight is 262 g/mol. The SMILES string of the molecule is CC[C@@H]1NCC[C@@H]1S.CC[C@H]1NCC[C@H]1S. The molecule has 16 heavy (non-hydrogen) atoms. The first-order valence-electron chi connectivity index (χ1n) is 6.51. The predicted molar refractivity (Wildman–Crippen MR) is 78.9 cm³/mol. The molecule has 0 aromatic carbocycles. The first-order valence-corrected chi connectivity index (χ1v) is 7.55. The lowest BCUT2D eigenvalue weighted by atomic mass is 10.2. The Morgan fingerprint density at radius 1 is 0.875 bits per heavy atom. The second-order valence-electron chi connectivity index (χ2n) is 4.65. The van der Waals surface area contributed by atoms with Crippen molar-refractivity contribution in [3.05, 3.63) is 0 Å². The Bertz CT molecular complexity index is 170. The zero-order valence-corrected chi connectivity index (χ0v) is 12.2. The fourth-order valence-electron chi connectivity index (χ4n) is 2.34. The first kappa shape index (κ1) is 14.7. The van der Waals surface area contributed by atoms with Crippen LogP contribution in [-0.4, -0.2) is 35.7 Å². The summed E-state index contributed by atoms with van der Waals surface area (Å²) in [6.45, 7) is 6.72. The van der Waals surface area contributed by atoms with Gasteiger partial charge in [-0.05, 0) is 38.8 Å². The van der Waals surface area contributed by atoms with Gasteiger partial charge in [0.1, 0.15) is 0 Å². The quantitative estimate of drug-likeness (QED) is 0.573. The Hall–Kier alpha value is 0.620. The smallest absolute Gasteiger partial charge is 0.0182 e. The van der Waals surface area contributed by atoms with Crippen LogP contribution in [0.3, 0.4) is 0 Å². The van der Waals surface area contributed by atoms with Crippen LogP contribution in [0, 0.1) is 0 Å². The Morgan fingerprint density at radius 2 is 1.25 bits per heavy atom. The van der Waals surface area contributed by atoms with Gasteiger partial charge in [0.15, 0.2) is 0 Å². The van der Waals surface area contributed by atoms with Crippen LogP contribution in [0.2, 0.25) is 0 Å². The highest BCUT2D eigenvalue weighted by Crippen LogP contribution is 2.15. The fourth-order valence-corrected chi connectivity index (χ4v) is 3.23. The first-order chi connectivity index (χ1) is 7.69. The van der Waals surface area contributed by atoms with Gasteiger partial charge in [-0.25, -0.2) is 0 Å². The van der Waals surface area contributed by atoms with E-state index in [4.69, 9.17) is 0 Å². The molecule has 2 rings (SSSR count). The maximum Gasteiger partial charge on any atom is 0.0182 e. The van der Waals surface area contributed by atoms with E-state index in [1.54, 1.807) is 0 Å². The van der Waals surface area contributed by atoms with Crippen LogP contribution in [0.4, 0.5) is 0 Å². The molecule has 0 aliphatic carbocycles. The highest BCUT2D eigenvalue weighted by molar-refractivity contribution is 7.81. The summed E-state index contributed by atoms with van der Waals surface area (Å²) in [5, 5.41) is 7.98. The summed E-state index contributed by atoms with van der Waals surface area (Å²) in [7, 11) is 0. The van der Waals surface area contributed by atoms with Crippen LogP contribution in [0.1, 0.15) is 39.5 Å². The van der Waals surface area contributed by atoms with Crippen LogP contribution in [0.15, 0.2) is 0 Å². The molecule has 2 aliphatic heterocycles. The number of nitrogens with one attached hydrogen (secondary N) is 2. The van der Waals surface area contributed by atoms with Crippen LogP contribution in [0.25, 0.3) is 0 Å². The normalized spacial score (nSPS) is 38.2. The van der Waals surface area contributed by atoms with Gasteiger partial charge in [0, 0.05) is 22.6 Å². The maximum atomic E-state index is 4.40. The van der Waals surface area contributed by atoms with Gasteiger partial charge in [-0.15, -0.1) is 0 Å². The standard InChI is InChI=1S/2C6H13NS/c2*1-2-5-6(8)3-4-7-5/h2*5-8H,2-4H2,1H3/t2*5-,6-/m10/s1. The van der Waals surface area contributed by atoms with E-state index in [9.17, 15) is 0 Å². The van der Waals surface area contributed by atoms with E-state index in [2.05, 4.69) is 49.7 Å². The molecule has 0 bridgehead atoms. The molecule has 2 N–H and O–H groups in total. The van der Waals surface area contributed by atoms with Crippen molar-refractivity contribution in [1.82, 2.24) is 10.6 Å². The molecule has 0 spiro atoms. The molecular weight excluding hydrogens is 236 g/mol. The molecule has 2 heterocycles. The highest BCUT2D eigenvalue weighted by atomic mass is 32.1. The van der Waals surface area contributed by atoms with Gasteiger partial charge in [-0.2, -0.15) is 25.3 Å². The van der Waals surface area contributed by atoms with Crippen LogP contribution in [-0.2, 0) is 0 Å². The molecule has 0 aromatic heterocycles. The second-order valence-corrected chi connectivity index (χ2v) is 5.98. The third-order valence-electron chi connectivity index (χ3n) is 3.50. The van der Waals surface area contributed by atoms with Crippen molar-refractivity contribution >= 4 is 25.3 Å². The number of hydrogen-bond donors (Lipinski definition) is 4. The lowest BCUT2D eigenvalue weighted by Gasteiger charge is -2.10. The minimum absolute atomic E-state index is 0.611. The third kappa shape index (κ3) is 4.47. The van der Waals surface area contributed by atoms with Crippen molar-refractivity contribution in [3.8, 4) is 0 Å². The summed E-state index contributed by atoms with van der Waals surface area (Å²) < 4.78 is 0. The summed E-state index contributed by atoms with van der Waals surface area (Å²) in [4.78, 5) is 0. The zero-order valence-electron chi connectivity index (χ0n) is 10.4. The predicted octanol–water partition coefficient (Wildman–Crippen LogP) is 2.11. The lowest BCUT2D eigenvalue weighted by Crippen LogP contribution is -2.25. The Kier molecular flexibility index (Phi) is 7.20. The van der Waals surface area contributed by atoms with Crippen molar-refractivity contribution in [1.29, 1.82) is 0 Å². The Labute approximate surface area is 111 Å². The largest absolute Gasteiger partial charge is 0.313 e. The molecule has 2 aliphatic rings. The molecule has 2 nitrogen and oxygen atoms in total. The van der Waals surface area contributed by atoms with E-state index in [1.165, 1.54) is 25.7 Å². The van der Waals surface area contributed by atoms with Crippen LogP contribution in [0.5, 0.6) is 0 Å². The molecule has 2 fully saturated rings. The zero-order chi connectivity index (χ0) is 12.0. The van der Waals surface area contributed by atoms with Crippen molar-refractivity contribution in [2.75, 3.05) is 13.1 Å². The van der Waals surface area contributed by atoms with E-state index < -0.39 is 0 Å². The van der Waals surface area contributed by atoms with Gasteiger partial charge in [0.25, 0.3) is 0 Å². The molecule has 0 radical (unpaired) electrons. The minimum Gasteiger partial charge on any atom is -0.313 e. The van der Waals surface area contributed by atoms with Gasteiger partial charge < -0.3 is 10.6 Å². The van der Waals surface area contributed by atoms with Crippen LogP contribution < -0.4 is 10.6 Å². The molecule has 0 aromatic rings.